The molecule has 0 spiro atoms. The first-order chi connectivity index (χ1) is 12.1. The number of fused-ring (bicyclic) bond motifs is 1. The summed E-state index contributed by atoms with van der Waals surface area (Å²) in [7, 11) is 1.21. The van der Waals surface area contributed by atoms with E-state index in [1.54, 1.807) is 6.07 Å². The van der Waals surface area contributed by atoms with Crippen LogP contribution >= 0.6 is 11.3 Å². The van der Waals surface area contributed by atoms with Crippen molar-refractivity contribution in [3.05, 3.63) is 22.6 Å². The van der Waals surface area contributed by atoms with Gasteiger partial charge in [-0.15, -0.1) is 11.3 Å². The summed E-state index contributed by atoms with van der Waals surface area (Å²) in [5.41, 5.74) is 11.7. The molecule has 26 heavy (non-hydrogen) atoms. The molecule has 2 aromatic rings. The molecule has 0 fully saturated rings. The van der Waals surface area contributed by atoms with E-state index in [0.29, 0.717) is 16.7 Å². The highest BCUT2D eigenvalue weighted by Gasteiger charge is 2.29. The third-order valence-electron chi connectivity index (χ3n) is 3.34. The Balaban J connectivity index is 2.38. The molecule has 1 aromatic heterocycles. The Kier molecular flexibility index (Phi) is 5.80. The normalized spacial score (nSPS) is 11.4. The number of nitrogens with two attached hydrogens (primary N) is 2. The largest absolute Gasteiger partial charge is 0.483 e. The van der Waals surface area contributed by atoms with E-state index in [1.807, 2.05) is 0 Å². The summed E-state index contributed by atoms with van der Waals surface area (Å²) in [6, 6.07) is 3.04. The molecule has 0 aliphatic carbocycles. The molecule has 7 nitrogen and oxygen atoms in total. The summed E-state index contributed by atoms with van der Waals surface area (Å²) >= 11 is 0.965. The zero-order valence-electron chi connectivity index (χ0n) is 13.6. The van der Waals surface area contributed by atoms with Gasteiger partial charge >= 0.3 is 12.3 Å². The Morgan fingerprint density at radius 1 is 1.31 bits per heavy atom. The van der Waals surface area contributed by atoms with Crippen LogP contribution in [0.4, 0.5) is 23.7 Å². The standard InChI is InChI=1S/C15H16F3N3O4S/c1-24-14(23)21-3-2-7-4-8(25-6-15(16,17)18)10-9(5-7)26-12(11(10)19)13(20)22/h4-5H,2-3,6,19H2,1H3,(H2,20,22)(H,21,23). The number of rotatable bonds is 6. The number of amides is 2. The van der Waals surface area contributed by atoms with E-state index >= 15 is 0 Å². The molecule has 1 aromatic carbocycles. The van der Waals surface area contributed by atoms with Gasteiger partial charge in [-0.1, -0.05) is 0 Å². The summed E-state index contributed by atoms with van der Waals surface area (Å²) in [5, 5.41) is 2.67. The predicted molar refractivity (Wildman–Crippen MR) is 90.4 cm³/mol. The highest BCUT2D eigenvalue weighted by molar-refractivity contribution is 7.21. The van der Waals surface area contributed by atoms with Crippen LogP contribution in [0.3, 0.4) is 0 Å². The Labute approximate surface area is 150 Å². The van der Waals surface area contributed by atoms with Crippen LogP contribution in [0.2, 0.25) is 0 Å². The maximum atomic E-state index is 12.5. The Bertz CT molecular complexity index is 836. The molecule has 2 rings (SSSR count). The van der Waals surface area contributed by atoms with Crippen molar-refractivity contribution in [2.45, 2.75) is 12.6 Å². The second kappa shape index (κ2) is 7.68. The summed E-state index contributed by atoms with van der Waals surface area (Å²) < 4.78 is 47.3. The fourth-order valence-electron chi connectivity index (χ4n) is 2.25. The lowest BCUT2D eigenvalue weighted by atomic mass is 10.1. The maximum absolute atomic E-state index is 12.5. The molecule has 0 aliphatic rings. The number of anilines is 1. The average Bonchev–Trinajstić information content (AvgIpc) is 2.89. The molecule has 11 heteroatoms. The smallest absolute Gasteiger partial charge is 0.422 e. The average molecular weight is 391 g/mol. The van der Waals surface area contributed by atoms with Crippen LogP contribution in [0, 0.1) is 0 Å². The Morgan fingerprint density at radius 2 is 2.00 bits per heavy atom. The van der Waals surface area contributed by atoms with Crippen molar-refractivity contribution >= 4 is 39.1 Å². The van der Waals surface area contributed by atoms with E-state index in [4.69, 9.17) is 16.2 Å². The summed E-state index contributed by atoms with van der Waals surface area (Å²) in [4.78, 5) is 22.6. The first-order valence-electron chi connectivity index (χ1n) is 7.28. The van der Waals surface area contributed by atoms with Crippen LogP contribution in [-0.4, -0.2) is 38.4 Å². The second-order valence-corrected chi connectivity index (χ2v) is 6.30. The van der Waals surface area contributed by atoms with Gasteiger partial charge in [-0.25, -0.2) is 4.79 Å². The molecule has 0 bridgehead atoms. The number of hydrogen-bond acceptors (Lipinski definition) is 6. The number of methoxy groups -OCH3 is 1. The van der Waals surface area contributed by atoms with Gasteiger partial charge < -0.3 is 26.3 Å². The summed E-state index contributed by atoms with van der Waals surface area (Å²) in [5.74, 6) is -0.881. The number of nitrogen functional groups attached to an aromatic ring is 1. The summed E-state index contributed by atoms with van der Waals surface area (Å²) in [6.45, 7) is -1.31. The number of carbonyl (C=O) groups excluding carboxylic acids is 2. The molecule has 0 saturated heterocycles. The molecule has 0 radical (unpaired) electrons. The van der Waals surface area contributed by atoms with E-state index in [2.05, 4.69) is 10.1 Å². The molecular formula is C15H16F3N3O4S. The third kappa shape index (κ3) is 4.69. The first kappa shape index (κ1) is 19.6. The number of halogens is 3. The van der Waals surface area contributed by atoms with Crippen molar-refractivity contribution in [3.63, 3.8) is 0 Å². The first-order valence-corrected chi connectivity index (χ1v) is 8.10. The van der Waals surface area contributed by atoms with Crippen molar-refractivity contribution in [2.75, 3.05) is 26.0 Å². The van der Waals surface area contributed by atoms with Gasteiger partial charge in [-0.2, -0.15) is 13.2 Å². The van der Waals surface area contributed by atoms with Crippen LogP contribution < -0.4 is 21.5 Å². The number of alkyl carbamates (subject to hydrolysis) is 1. The van der Waals surface area contributed by atoms with Gasteiger partial charge in [0.15, 0.2) is 6.61 Å². The lowest BCUT2D eigenvalue weighted by Crippen LogP contribution is -2.25. The minimum absolute atomic E-state index is 0.0195. The minimum atomic E-state index is -4.54. The zero-order chi connectivity index (χ0) is 19.5. The van der Waals surface area contributed by atoms with E-state index in [1.165, 1.54) is 13.2 Å². The molecule has 0 atom stereocenters. The zero-order valence-corrected chi connectivity index (χ0v) is 14.4. The van der Waals surface area contributed by atoms with Crippen molar-refractivity contribution in [1.29, 1.82) is 0 Å². The lowest BCUT2D eigenvalue weighted by Gasteiger charge is -2.12. The molecule has 0 saturated carbocycles. The Morgan fingerprint density at radius 3 is 2.58 bits per heavy atom. The SMILES string of the molecule is COC(=O)NCCc1cc(OCC(F)(F)F)c2c(N)c(C(N)=O)sc2c1. The van der Waals surface area contributed by atoms with Crippen molar-refractivity contribution < 1.29 is 32.2 Å². The van der Waals surface area contributed by atoms with Gasteiger partial charge in [0.25, 0.3) is 5.91 Å². The number of carbonyl (C=O) groups is 2. The van der Waals surface area contributed by atoms with Crippen LogP contribution in [0.5, 0.6) is 5.75 Å². The topological polar surface area (TPSA) is 117 Å². The van der Waals surface area contributed by atoms with E-state index < -0.39 is 24.8 Å². The van der Waals surface area contributed by atoms with E-state index in [-0.39, 0.29) is 28.2 Å². The van der Waals surface area contributed by atoms with Crippen LogP contribution in [-0.2, 0) is 11.2 Å². The van der Waals surface area contributed by atoms with Gasteiger partial charge in [0.1, 0.15) is 10.6 Å². The van der Waals surface area contributed by atoms with Gasteiger partial charge in [-0.3, -0.25) is 4.79 Å². The molecule has 1 heterocycles. The number of thiophene rings is 1. The number of ether oxygens (including phenoxy) is 2. The number of nitrogens with one attached hydrogen (secondary N) is 1. The van der Waals surface area contributed by atoms with Crippen molar-refractivity contribution in [1.82, 2.24) is 5.32 Å². The molecule has 5 N–H and O–H groups in total. The van der Waals surface area contributed by atoms with Crippen LogP contribution in [0.1, 0.15) is 15.2 Å². The molecule has 0 aliphatic heterocycles. The van der Waals surface area contributed by atoms with Gasteiger partial charge in [0.05, 0.1) is 18.2 Å². The van der Waals surface area contributed by atoms with Crippen LogP contribution in [0.25, 0.3) is 10.1 Å². The lowest BCUT2D eigenvalue weighted by molar-refractivity contribution is -0.153. The number of primary amides is 1. The van der Waals surface area contributed by atoms with Gasteiger partial charge in [0, 0.05) is 11.2 Å². The fourth-order valence-corrected chi connectivity index (χ4v) is 3.31. The Hall–Kier alpha value is -2.69. The molecule has 2 amide bonds. The van der Waals surface area contributed by atoms with Gasteiger partial charge in [0.2, 0.25) is 0 Å². The van der Waals surface area contributed by atoms with Crippen molar-refractivity contribution in [2.24, 2.45) is 5.73 Å². The van der Waals surface area contributed by atoms with E-state index in [0.717, 1.165) is 11.3 Å². The van der Waals surface area contributed by atoms with Crippen LogP contribution in [0.15, 0.2) is 12.1 Å². The van der Waals surface area contributed by atoms with E-state index in [9.17, 15) is 22.8 Å². The predicted octanol–water partition coefficient (Wildman–Crippen LogP) is 2.42. The number of hydrogen-bond donors (Lipinski definition) is 3. The van der Waals surface area contributed by atoms with Gasteiger partial charge in [-0.05, 0) is 24.1 Å². The third-order valence-corrected chi connectivity index (χ3v) is 4.50. The number of alkyl halides is 3. The highest BCUT2D eigenvalue weighted by atomic mass is 32.1. The second-order valence-electron chi connectivity index (χ2n) is 5.25. The molecular weight excluding hydrogens is 375 g/mol. The maximum Gasteiger partial charge on any atom is 0.422 e. The summed E-state index contributed by atoms with van der Waals surface area (Å²) in [6.07, 6.45) is -4.86. The highest BCUT2D eigenvalue weighted by Crippen LogP contribution is 2.41. The minimum Gasteiger partial charge on any atom is -0.483 e. The monoisotopic (exact) mass is 391 g/mol. The quantitative estimate of drug-likeness (QED) is 0.699. The number of benzene rings is 1. The molecule has 142 valence electrons. The fraction of sp³-hybridized carbons (Fsp3) is 0.333. The van der Waals surface area contributed by atoms with Crippen molar-refractivity contribution in [3.8, 4) is 5.75 Å². The molecule has 0 unspecified atom stereocenters.